The number of fused-ring (bicyclic) bond motifs is 3. The van der Waals surface area contributed by atoms with Gasteiger partial charge in [-0.2, -0.15) is 0 Å². The van der Waals surface area contributed by atoms with Crippen molar-refractivity contribution in [3.8, 4) is 11.3 Å². The van der Waals surface area contributed by atoms with Crippen molar-refractivity contribution in [3.05, 3.63) is 70.5 Å². The molecule has 0 radical (unpaired) electrons. The molecule has 146 valence electrons. The van der Waals surface area contributed by atoms with Gasteiger partial charge in [-0.15, -0.1) is 11.3 Å². The molecule has 0 fully saturated rings. The van der Waals surface area contributed by atoms with Crippen molar-refractivity contribution < 1.29 is 4.39 Å². The molecule has 0 N–H and O–H groups in total. The van der Waals surface area contributed by atoms with E-state index in [0.29, 0.717) is 6.04 Å². The molecule has 0 saturated heterocycles. The Morgan fingerprint density at radius 2 is 1.97 bits per heavy atom. The van der Waals surface area contributed by atoms with Crippen LogP contribution in [0.15, 0.2) is 47.8 Å². The number of benzene rings is 2. The predicted octanol–water partition coefficient (Wildman–Crippen LogP) is 6.11. The van der Waals surface area contributed by atoms with Crippen LogP contribution in [0.2, 0.25) is 0 Å². The van der Waals surface area contributed by atoms with E-state index in [-0.39, 0.29) is 5.82 Å². The van der Waals surface area contributed by atoms with Crippen LogP contribution < -0.4 is 4.90 Å². The molecule has 3 heterocycles. The zero-order valence-corrected chi connectivity index (χ0v) is 17.2. The van der Waals surface area contributed by atoms with E-state index in [9.17, 15) is 4.39 Å². The van der Waals surface area contributed by atoms with E-state index in [0.717, 1.165) is 29.5 Å². The summed E-state index contributed by atoms with van der Waals surface area (Å²) in [6, 6.07) is 13.9. The first kappa shape index (κ1) is 17.2. The Hall–Kier alpha value is -2.66. The number of aryl methyl sites for hydroxylation is 2. The van der Waals surface area contributed by atoms with Gasteiger partial charge in [0.15, 0.2) is 5.13 Å². The normalized spacial score (nSPS) is 18.3. The molecule has 0 spiro atoms. The van der Waals surface area contributed by atoms with Crippen LogP contribution in [0, 0.1) is 12.7 Å². The summed E-state index contributed by atoms with van der Waals surface area (Å²) in [6.07, 6.45) is 3.57. The Morgan fingerprint density at radius 3 is 2.83 bits per heavy atom. The van der Waals surface area contributed by atoms with Crippen LogP contribution in [0.3, 0.4) is 0 Å². The van der Waals surface area contributed by atoms with Crippen molar-refractivity contribution >= 4 is 27.4 Å². The molecular weight excluding hydrogens is 381 g/mol. The van der Waals surface area contributed by atoms with E-state index in [2.05, 4.69) is 40.0 Å². The van der Waals surface area contributed by atoms with Gasteiger partial charge < -0.3 is 9.47 Å². The topological polar surface area (TPSA) is 21.1 Å². The number of halogens is 1. The van der Waals surface area contributed by atoms with E-state index >= 15 is 0 Å². The van der Waals surface area contributed by atoms with Crippen molar-refractivity contribution in [2.45, 2.75) is 38.8 Å². The zero-order valence-electron chi connectivity index (χ0n) is 16.4. The Bertz CT molecular complexity index is 1220. The summed E-state index contributed by atoms with van der Waals surface area (Å²) in [7, 11) is 0. The van der Waals surface area contributed by atoms with Crippen LogP contribution in [-0.4, -0.2) is 16.1 Å². The summed E-state index contributed by atoms with van der Waals surface area (Å²) in [5.74, 6) is -0.210. The number of thiazole rings is 1. The third kappa shape index (κ3) is 2.64. The molecule has 2 aromatic carbocycles. The molecule has 4 aromatic rings. The van der Waals surface area contributed by atoms with Crippen LogP contribution in [0.1, 0.15) is 35.7 Å². The molecule has 0 bridgehead atoms. The van der Waals surface area contributed by atoms with Crippen molar-refractivity contribution in [2.24, 2.45) is 0 Å². The number of hydrogen-bond donors (Lipinski definition) is 0. The van der Waals surface area contributed by atoms with E-state index in [4.69, 9.17) is 4.98 Å². The zero-order chi connectivity index (χ0) is 19.5. The summed E-state index contributed by atoms with van der Waals surface area (Å²) in [5.41, 5.74) is 7.67. The molecule has 0 saturated carbocycles. The lowest BCUT2D eigenvalue weighted by Crippen LogP contribution is -2.39. The standard InChI is InChI=1S/C24H22FN3S/c1-15-5-10-21-19(13-15)18-3-2-4-22-23(18)27(21)11-12-28(22)24-26-20(14-29-24)16-6-8-17(25)9-7-16/h5-10,13-14,22H,2-4,11-12H2,1H3/t22-/m1/s1. The number of anilines is 1. The van der Waals surface area contributed by atoms with Gasteiger partial charge in [0, 0.05) is 40.6 Å². The minimum Gasteiger partial charge on any atom is -0.341 e. The highest BCUT2D eigenvalue weighted by Gasteiger charge is 2.36. The molecular formula is C24H22FN3S. The van der Waals surface area contributed by atoms with Crippen molar-refractivity contribution in [1.82, 2.24) is 9.55 Å². The van der Waals surface area contributed by atoms with Gasteiger partial charge in [0.05, 0.1) is 11.7 Å². The second-order valence-corrected chi connectivity index (χ2v) is 9.00. The lowest BCUT2D eigenvalue weighted by Gasteiger charge is -2.39. The second-order valence-electron chi connectivity index (χ2n) is 8.16. The van der Waals surface area contributed by atoms with Crippen LogP contribution >= 0.6 is 11.3 Å². The lowest BCUT2D eigenvalue weighted by atomic mass is 9.90. The monoisotopic (exact) mass is 403 g/mol. The fraction of sp³-hybridized carbons (Fsp3) is 0.292. The van der Waals surface area contributed by atoms with Crippen LogP contribution in [0.25, 0.3) is 22.2 Å². The number of hydrogen-bond acceptors (Lipinski definition) is 3. The van der Waals surface area contributed by atoms with Gasteiger partial charge in [-0.25, -0.2) is 9.37 Å². The Kier molecular flexibility index (Phi) is 3.81. The second kappa shape index (κ2) is 6.42. The Morgan fingerprint density at radius 1 is 1.10 bits per heavy atom. The minimum atomic E-state index is -0.210. The average molecular weight is 404 g/mol. The van der Waals surface area contributed by atoms with E-state index in [1.165, 1.54) is 53.6 Å². The molecule has 1 atom stereocenters. The maximum atomic E-state index is 13.3. The highest BCUT2D eigenvalue weighted by atomic mass is 32.1. The highest BCUT2D eigenvalue weighted by molar-refractivity contribution is 7.14. The molecule has 0 unspecified atom stereocenters. The Labute approximate surface area is 173 Å². The van der Waals surface area contributed by atoms with E-state index in [1.807, 2.05) is 12.1 Å². The maximum Gasteiger partial charge on any atom is 0.186 e. The van der Waals surface area contributed by atoms with Gasteiger partial charge in [-0.1, -0.05) is 11.6 Å². The summed E-state index contributed by atoms with van der Waals surface area (Å²) < 4.78 is 15.8. The number of nitrogens with zero attached hydrogens (tertiary/aromatic N) is 3. The van der Waals surface area contributed by atoms with Crippen molar-refractivity contribution in [2.75, 3.05) is 11.4 Å². The van der Waals surface area contributed by atoms with Gasteiger partial charge in [0.1, 0.15) is 5.82 Å². The molecule has 29 heavy (non-hydrogen) atoms. The van der Waals surface area contributed by atoms with Gasteiger partial charge >= 0.3 is 0 Å². The van der Waals surface area contributed by atoms with Gasteiger partial charge in [0.25, 0.3) is 0 Å². The fourth-order valence-corrected chi connectivity index (χ4v) is 6.01. The quantitative estimate of drug-likeness (QED) is 0.403. The predicted molar refractivity (Wildman–Crippen MR) is 117 cm³/mol. The molecule has 1 aliphatic heterocycles. The largest absolute Gasteiger partial charge is 0.341 e. The van der Waals surface area contributed by atoms with Crippen LogP contribution in [-0.2, 0) is 13.0 Å². The minimum absolute atomic E-state index is 0.210. The average Bonchev–Trinajstić information content (AvgIpc) is 3.34. The molecule has 1 aliphatic carbocycles. The molecule has 2 aromatic heterocycles. The SMILES string of the molecule is Cc1ccc2c(c1)c1c3n2CCN(c2nc(-c4ccc(F)cc4)cs2)[C@@H]3CCC1. The van der Waals surface area contributed by atoms with Gasteiger partial charge in [0.2, 0.25) is 0 Å². The van der Waals surface area contributed by atoms with Crippen molar-refractivity contribution in [3.63, 3.8) is 0 Å². The van der Waals surface area contributed by atoms with Gasteiger partial charge in [-0.05, 0) is 68.1 Å². The van der Waals surface area contributed by atoms with E-state index < -0.39 is 0 Å². The number of aromatic nitrogens is 2. The summed E-state index contributed by atoms with van der Waals surface area (Å²) in [6.45, 7) is 4.16. The Balaban J connectivity index is 1.42. The van der Waals surface area contributed by atoms with Crippen LogP contribution in [0.5, 0.6) is 0 Å². The summed E-state index contributed by atoms with van der Waals surface area (Å²) in [4.78, 5) is 7.44. The lowest BCUT2D eigenvalue weighted by molar-refractivity contribution is 0.437. The molecule has 6 rings (SSSR count). The number of rotatable bonds is 2. The fourth-order valence-electron chi connectivity index (χ4n) is 5.10. The van der Waals surface area contributed by atoms with Gasteiger partial charge in [-0.3, -0.25) is 0 Å². The third-order valence-electron chi connectivity index (χ3n) is 6.41. The van der Waals surface area contributed by atoms with E-state index in [1.54, 1.807) is 16.9 Å². The van der Waals surface area contributed by atoms with Crippen molar-refractivity contribution in [1.29, 1.82) is 0 Å². The molecule has 3 nitrogen and oxygen atoms in total. The summed E-state index contributed by atoms with van der Waals surface area (Å²) >= 11 is 1.70. The molecule has 5 heteroatoms. The highest BCUT2D eigenvalue weighted by Crippen LogP contribution is 2.45. The summed E-state index contributed by atoms with van der Waals surface area (Å²) in [5, 5.41) is 4.62. The van der Waals surface area contributed by atoms with Crippen LogP contribution in [0.4, 0.5) is 9.52 Å². The molecule has 2 aliphatic rings. The molecule has 0 amide bonds. The first-order valence-electron chi connectivity index (χ1n) is 10.3. The first-order valence-corrected chi connectivity index (χ1v) is 11.2. The smallest absolute Gasteiger partial charge is 0.186 e. The maximum absolute atomic E-state index is 13.3. The first-order chi connectivity index (χ1) is 14.2. The third-order valence-corrected chi connectivity index (χ3v) is 7.28.